The average molecular weight is 375 g/mol. The largest absolute Gasteiger partial charge is 0.386 e. The smallest absolute Gasteiger partial charge is 0.205 e. The van der Waals surface area contributed by atoms with Gasteiger partial charge in [0.2, 0.25) is 5.82 Å². The Bertz CT molecular complexity index is 930. The fourth-order valence-electron chi connectivity index (χ4n) is 3.03. The third-order valence-corrected chi connectivity index (χ3v) is 4.56. The van der Waals surface area contributed by atoms with Crippen molar-refractivity contribution in [1.82, 2.24) is 25.5 Å². The fourth-order valence-corrected chi connectivity index (χ4v) is 3.03. The first-order valence-electron chi connectivity index (χ1n) is 9.31. The number of rotatable bonds is 8. The van der Waals surface area contributed by atoms with E-state index in [1.807, 2.05) is 36.4 Å². The molecule has 0 aliphatic rings. The summed E-state index contributed by atoms with van der Waals surface area (Å²) in [5, 5.41) is 22.6. The first-order valence-corrected chi connectivity index (χ1v) is 9.31. The van der Waals surface area contributed by atoms with E-state index in [1.165, 1.54) is 0 Å². The molecule has 4 N–H and O–H groups in total. The molecule has 7 heteroatoms. The minimum Gasteiger partial charge on any atom is -0.386 e. The molecule has 28 heavy (non-hydrogen) atoms. The molecule has 0 saturated heterocycles. The zero-order valence-corrected chi connectivity index (χ0v) is 16.0. The van der Waals surface area contributed by atoms with Gasteiger partial charge in [-0.3, -0.25) is 5.41 Å². The molecule has 7 nitrogen and oxygen atoms in total. The first-order chi connectivity index (χ1) is 13.6. The first kappa shape index (κ1) is 19.3. The van der Waals surface area contributed by atoms with Crippen LogP contribution in [0, 0.1) is 5.41 Å². The van der Waals surface area contributed by atoms with Gasteiger partial charge in [-0.25, -0.2) is 0 Å². The Labute approximate surface area is 164 Å². The van der Waals surface area contributed by atoms with E-state index in [0.717, 1.165) is 35.1 Å². The number of hydrogen-bond donors (Lipinski definition) is 3. The molecule has 0 spiro atoms. The zero-order valence-electron chi connectivity index (χ0n) is 16.0. The molecule has 0 fully saturated rings. The minimum absolute atomic E-state index is 0.396. The summed E-state index contributed by atoms with van der Waals surface area (Å²) >= 11 is 0. The van der Waals surface area contributed by atoms with Crippen LogP contribution in [-0.4, -0.2) is 31.4 Å². The standard InChI is InChI=1S/C21H25N7/c1-3-4-9-20(23)28(15(2)22)14-16-10-12-17(13-11-16)18-7-5-6-8-19(18)21-24-26-27-25-21/h5-8,10-13,23H,2-4,9,14,22H2,1H3,(H,24,25,26,27). The van der Waals surface area contributed by atoms with E-state index in [2.05, 4.69) is 46.3 Å². The number of nitrogens with zero attached hydrogens (tertiary/aromatic N) is 4. The number of amidine groups is 1. The van der Waals surface area contributed by atoms with E-state index >= 15 is 0 Å². The third-order valence-electron chi connectivity index (χ3n) is 4.56. The Morgan fingerprint density at radius 2 is 1.86 bits per heavy atom. The lowest BCUT2D eigenvalue weighted by molar-refractivity contribution is 0.485. The Hall–Kier alpha value is -3.48. The van der Waals surface area contributed by atoms with Gasteiger partial charge in [-0.2, -0.15) is 5.21 Å². The zero-order chi connectivity index (χ0) is 19.9. The predicted octanol–water partition coefficient (Wildman–Crippen LogP) is 3.93. The Morgan fingerprint density at radius 3 is 2.46 bits per heavy atom. The Morgan fingerprint density at radius 1 is 1.14 bits per heavy atom. The van der Waals surface area contributed by atoms with Gasteiger partial charge in [0.15, 0.2) is 0 Å². The number of hydrogen-bond acceptors (Lipinski definition) is 5. The fraction of sp³-hybridized carbons (Fsp3) is 0.238. The number of nitrogens with two attached hydrogens (primary N) is 1. The summed E-state index contributed by atoms with van der Waals surface area (Å²) in [6.07, 6.45) is 2.71. The molecule has 0 radical (unpaired) electrons. The lowest BCUT2D eigenvalue weighted by Gasteiger charge is -2.25. The van der Waals surface area contributed by atoms with Gasteiger partial charge in [0.1, 0.15) is 5.84 Å². The van der Waals surface area contributed by atoms with E-state index in [-0.39, 0.29) is 0 Å². The second kappa shape index (κ2) is 8.94. The minimum atomic E-state index is 0.396. The molecule has 144 valence electrons. The molecule has 2 aromatic carbocycles. The summed E-state index contributed by atoms with van der Waals surface area (Å²) < 4.78 is 0. The topological polar surface area (TPSA) is 108 Å². The highest BCUT2D eigenvalue weighted by molar-refractivity contribution is 5.81. The van der Waals surface area contributed by atoms with Crippen molar-refractivity contribution in [2.75, 3.05) is 0 Å². The quantitative estimate of drug-likeness (QED) is 0.408. The van der Waals surface area contributed by atoms with Gasteiger partial charge in [0, 0.05) is 12.0 Å². The van der Waals surface area contributed by atoms with Crippen LogP contribution in [0.1, 0.15) is 31.7 Å². The highest BCUT2D eigenvalue weighted by atomic mass is 15.5. The highest BCUT2D eigenvalue weighted by Crippen LogP contribution is 2.29. The molecular formula is C21H25N7. The van der Waals surface area contributed by atoms with Crippen molar-refractivity contribution in [1.29, 1.82) is 5.41 Å². The number of H-pyrrole nitrogens is 1. The predicted molar refractivity (Wildman–Crippen MR) is 111 cm³/mol. The van der Waals surface area contributed by atoms with Crippen LogP contribution in [0.5, 0.6) is 0 Å². The molecule has 3 aromatic rings. The second-order valence-electron chi connectivity index (χ2n) is 6.61. The Kier molecular flexibility index (Phi) is 6.16. The SMILES string of the molecule is C=C(N)N(Cc1ccc(-c2ccccc2-c2nn[nH]n2)cc1)C(=N)CCCC. The van der Waals surface area contributed by atoms with E-state index in [1.54, 1.807) is 4.90 Å². The molecule has 0 saturated carbocycles. The molecule has 0 amide bonds. The molecule has 0 aliphatic heterocycles. The van der Waals surface area contributed by atoms with Gasteiger partial charge >= 0.3 is 0 Å². The van der Waals surface area contributed by atoms with E-state index in [4.69, 9.17) is 11.1 Å². The van der Waals surface area contributed by atoms with E-state index in [9.17, 15) is 0 Å². The number of tetrazole rings is 1. The van der Waals surface area contributed by atoms with Crippen molar-refractivity contribution in [2.45, 2.75) is 32.7 Å². The number of aromatic amines is 1. The lowest BCUT2D eigenvalue weighted by Crippen LogP contribution is -2.32. The van der Waals surface area contributed by atoms with Gasteiger partial charge < -0.3 is 10.6 Å². The summed E-state index contributed by atoms with van der Waals surface area (Å²) in [6, 6.07) is 16.2. The highest BCUT2D eigenvalue weighted by Gasteiger charge is 2.13. The van der Waals surface area contributed by atoms with E-state index < -0.39 is 0 Å². The molecule has 1 aromatic heterocycles. The van der Waals surface area contributed by atoms with Crippen molar-refractivity contribution in [3.8, 4) is 22.5 Å². The molecule has 0 bridgehead atoms. The van der Waals surface area contributed by atoms with Crippen molar-refractivity contribution in [2.24, 2.45) is 5.73 Å². The maximum absolute atomic E-state index is 8.28. The van der Waals surface area contributed by atoms with Crippen LogP contribution in [0.2, 0.25) is 0 Å². The average Bonchev–Trinajstić information content (AvgIpc) is 3.25. The molecule has 0 aliphatic carbocycles. The lowest BCUT2D eigenvalue weighted by atomic mass is 9.98. The Balaban J connectivity index is 1.81. The van der Waals surface area contributed by atoms with Crippen molar-refractivity contribution in [3.05, 3.63) is 66.5 Å². The molecule has 0 atom stereocenters. The second-order valence-corrected chi connectivity index (χ2v) is 6.61. The number of aromatic nitrogens is 4. The maximum Gasteiger partial charge on any atom is 0.205 e. The van der Waals surface area contributed by atoms with Gasteiger partial charge in [-0.15, -0.1) is 10.2 Å². The number of benzene rings is 2. The van der Waals surface area contributed by atoms with Crippen LogP contribution >= 0.6 is 0 Å². The van der Waals surface area contributed by atoms with Crippen LogP contribution in [0.4, 0.5) is 0 Å². The van der Waals surface area contributed by atoms with Crippen molar-refractivity contribution >= 4 is 5.84 Å². The van der Waals surface area contributed by atoms with Crippen molar-refractivity contribution < 1.29 is 0 Å². The van der Waals surface area contributed by atoms with Crippen LogP contribution in [0.15, 0.2) is 60.9 Å². The summed E-state index contributed by atoms with van der Waals surface area (Å²) in [4.78, 5) is 1.76. The third kappa shape index (κ3) is 4.43. The maximum atomic E-state index is 8.28. The summed E-state index contributed by atoms with van der Waals surface area (Å²) in [5.41, 5.74) is 9.99. The van der Waals surface area contributed by atoms with Gasteiger partial charge in [-0.05, 0) is 28.3 Å². The molecule has 0 unspecified atom stereocenters. The van der Waals surface area contributed by atoms with Crippen LogP contribution < -0.4 is 5.73 Å². The van der Waals surface area contributed by atoms with Crippen LogP contribution in [0.3, 0.4) is 0 Å². The normalized spacial score (nSPS) is 10.6. The number of unbranched alkanes of at least 4 members (excludes halogenated alkanes) is 1. The summed E-state index contributed by atoms with van der Waals surface area (Å²) in [7, 11) is 0. The van der Waals surface area contributed by atoms with E-state index in [0.29, 0.717) is 30.4 Å². The summed E-state index contributed by atoms with van der Waals surface area (Å²) in [6.45, 7) is 6.47. The van der Waals surface area contributed by atoms with Crippen LogP contribution in [-0.2, 0) is 6.54 Å². The summed E-state index contributed by atoms with van der Waals surface area (Å²) in [5.74, 6) is 1.46. The van der Waals surface area contributed by atoms with Gasteiger partial charge in [0.25, 0.3) is 0 Å². The number of nitrogens with one attached hydrogen (secondary N) is 2. The molecular weight excluding hydrogens is 350 g/mol. The molecule has 3 rings (SSSR count). The van der Waals surface area contributed by atoms with Crippen molar-refractivity contribution in [3.63, 3.8) is 0 Å². The van der Waals surface area contributed by atoms with Crippen LogP contribution in [0.25, 0.3) is 22.5 Å². The van der Waals surface area contributed by atoms with Gasteiger partial charge in [-0.1, -0.05) is 68.5 Å². The van der Waals surface area contributed by atoms with Gasteiger partial charge in [0.05, 0.1) is 12.4 Å². The molecule has 1 heterocycles. The monoisotopic (exact) mass is 375 g/mol.